The summed E-state index contributed by atoms with van der Waals surface area (Å²) < 4.78 is 2.10. The van der Waals surface area contributed by atoms with E-state index >= 15 is 0 Å². The molecule has 0 fully saturated rings. The molecule has 1 aliphatic rings. The largest absolute Gasteiger partial charge is 0.316 e. The van der Waals surface area contributed by atoms with Gasteiger partial charge in [0, 0.05) is 26.1 Å². The molecule has 0 spiro atoms. The number of halogens is 1. The highest BCUT2D eigenvalue weighted by Crippen LogP contribution is 1.97. The minimum atomic E-state index is 0. The van der Waals surface area contributed by atoms with Gasteiger partial charge in [0.2, 0.25) is 0 Å². The van der Waals surface area contributed by atoms with Crippen molar-refractivity contribution in [2.75, 3.05) is 13.1 Å². The van der Waals surface area contributed by atoms with E-state index in [9.17, 15) is 0 Å². The maximum atomic E-state index is 3.99. The molecule has 0 aliphatic carbocycles. The van der Waals surface area contributed by atoms with Gasteiger partial charge < -0.3 is 9.88 Å². The van der Waals surface area contributed by atoms with Gasteiger partial charge in [0.25, 0.3) is 0 Å². The van der Waals surface area contributed by atoms with Gasteiger partial charge in [0.15, 0.2) is 0 Å². The summed E-state index contributed by atoms with van der Waals surface area (Å²) in [4.78, 5) is 0. The number of aromatic nitrogens is 3. The van der Waals surface area contributed by atoms with Crippen LogP contribution in [0.3, 0.4) is 0 Å². The van der Waals surface area contributed by atoms with Crippen LogP contribution in [0.15, 0.2) is 6.33 Å². The number of rotatable bonds is 0. The summed E-state index contributed by atoms with van der Waals surface area (Å²) in [5.41, 5.74) is 0. The second-order valence-corrected chi connectivity index (χ2v) is 2.44. The highest BCUT2D eigenvalue weighted by molar-refractivity contribution is 5.85. The Morgan fingerprint density at radius 2 is 2.36 bits per heavy atom. The van der Waals surface area contributed by atoms with Crippen molar-refractivity contribution in [2.45, 2.75) is 13.0 Å². The van der Waals surface area contributed by atoms with E-state index in [1.165, 1.54) is 0 Å². The van der Waals surface area contributed by atoms with Gasteiger partial charge in [0.1, 0.15) is 12.2 Å². The van der Waals surface area contributed by atoms with Crippen LogP contribution in [0.2, 0.25) is 0 Å². The summed E-state index contributed by atoms with van der Waals surface area (Å²) in [6.45, 7) is 3.06. The van der Waals surface area contributed by atoms with Crippen molar-refractivity contribution in [2.24, 2.45) is 0 Å². The van der Waals surface area contributed by atoms with Gasteiger partial charge in [-0.1, -0.05) is 0 Å². The Kier molecular flexibility index (Phi) is 2.84. The fourth-order valence-electron chi connectivity index (χ4n) is 1.18. The number of hydrogen-bond acceptors (Lipinski definition) is 3. The third kappa shape index (κ3) is 1.70. The van der Waals surface area contributed by atoms with Crippen LogP contribution in [0, 0.1) is 0 Å². The summed E-state index contributed by atoms with van der Waals surface area (Å²) in [5, 5.41) is 11.1. The quantitative estimate of drug-likeness (QED) is 0.595. The molecule has 1 aromatic heterocycles. The maximum Gasteiger partial charge on any atom is 0.134 e. The van der Waals surface area contributed by atoms with Crippen molar-refractivity contribution < 1.29 is 0 Å². The molecule has 0 amide bonds. The highest BCUT2D eigenvalue weighted by atomic mass is 35.5. The van der Waals surface area contributed by atoms with E-state index in [4.69, 9.17) is 0 Å². The zero-order chi connectivity index (χ0) is 6.81. The predicted molar refractivity (Wildman–Crippen MR) is 43.8 cm³/mol. The lowest BCUT2D eigenvalue weighted by atomic mass is 10.4. The Hall–Kier alpha value is -0.610. The molecule has 0 unspecified atom stereocenters. The van der Waals surface area contributed by atoms with Crippen LogP contribution < -0.4 is 5.32 Å². The molecule has 2 rings (SSSR count). The zero-order valence-corrected chi connectivity index (χ0v) is 6.97. The Morgan fingerprint density at radius 1 is 1.45 bits per heavy atom. The molecule has 0 atom stereocenters. The van der Waals surface area contributed by atoms with Crippen molar-refractivity contribution >= 4 is 12.4 Å². The van der Waals surface area contributed by atoms with Crippen LogP contribution in [-0.2, 0) is 13.0 Å². The first-order chi connectivity index (χ1) is 4.97. The third-order valence-electron chi connectivity index (χ3n) is 1.75. The molecule has 11 heavy (non-hydrogen) atoms. The first-order valence-corrected chi connectivity index (χ1v) is 3.54. The smallest absolute Gasteiger partial charge is 0.134 e. The van der Waals surface area contributed by atoms with Gasteiger partial charge in [-0.05, 0) is 0 Å². The van der Waals surface area contributed by atoms with Crippen molar-refractivity contribution in [3.8, 4) is 0 Å². The van der Waals surface area contributed by atoms with E-state index in [2.05, 4.69) is 20.1 Å². The van der Waals surface area contributed by atoms with Crippen LogP contribution in [-0.4, -0.2) is 27.9 Å². The zero-order valence-electron chi connectivity index (χ0n) is 6.16. The molecule has 0 saturated heterocycles. The monoisotopic (exact) mass is 174 g/mol. The molecule has 0 bridgehead atoms. The minimum Gasteiger partial charge on any atom is -0.316 e. The first kappa shape index (κ1) is 8.49. The summed E-state index contributed by atoms with van der Waals surface area (Å²) in [5.74, 6) is 1.10. The van der Waals surface area contributed by atoms with Crippen LogP contribution >= 0.6 is 12.4 Å². The van der Waals surface area contributed by atoms with E-state index in [-0.39, 0.29) is 12.4 Å². The lowest BCUT2D eigenvalue weighted by Gasteiger charge is -1.97. The highest BCUT2D eigenvalue weighted by Gasteiger charge is 2.06. The Labute approximate surface area is 71.4 Å². The number of nitrogens with zero attached hydrogens (tertiary/aromatic N) is 3. The second kappa shape index (κ2) is 3.69. The number of hydrogen-bond donors (Lipinski definition) is 1. The summed E-state index contributed by atoms with van der Waals surface area (Å²) in [7, 11) is 0. The lowest BCUT2D eigenvalue weighted by molar-refractivity contribution is 0.643. The van der Waals surface area contributed by atoms with Crippen LogP contribution in [0.1, 0.15) is 5.82 Å². The molecule has 0 aromatic carbocycles. The Balaban J connectivity index is 0.000000605. The van der Waals surface area contributed by atoms with Gasteiger partial charge in [-0.25, -0.2) is 0 Å². The molecule has 0 radical (unpaired) electrons. The molecular weight excluding hydrogens is 164 g/mol. The summed E-state index contributed by atoms with van der Waals surface area (Å²) in [6, 6.07) is 0. The lowest BCUT2D eigenvalue weighted by Crippen LogP contribution is -2.17. The summed E-state index contributed by atoms with van der Waals surface area (Å²) >= 11 is 0. The van der Waals surface area contributed by atoms with Crippen molar-refractivity contribution in [3.63, 3.8) is 0 Å². The molecule has 0 saturated carbocycles. The standard InChI is InChI=1S/C6H10N4.ClH/c1-2-7-3-4-10-5-8-9-6(1)10;/h5,7H,1-4H2;1H. The second-order valence-electron chi connectivity index (χ2n) is 2.44. The predicted octanol–water partition coefficient (Wildman–Crippen LogP) is -0.154. The van der Waals surface area contributed by atoms with Gasteiger partial charge in [-0.15, -0.1) is 22.6 Å². The van der Waals surface area contributed by atoms with Crippen molar-refractivity contribution in [3.05, 3.63) is 12.2 Å². The number of nitrogens with one attached hydrogen (secondary N) is 1. The minimum absolute atomic E-state index is 0. The van der Waals surface area contributed by atoms with Crippen LogP contribution in [0.5, 0.6) is 0 Å². The maximum absolute atomic E-state index is 3.99. The molecule has 62 valence electrons. The van der Waals surface area contributed by atoms with E-state index in [0.29, 0.717) is 0 Å². The van der Waals surface area contributed by atoms with Crippen LogP contribution in [0.4, 0.5) is 0 Å². The average Bonchev–Trinajstić information content (AvgIpc) is 2.28. The van der Waals surface area contributed by atoms with Crippen molar-refractivity contribution in [1.29, 1.82) is 0 Å². The first-order valence-electron chi connectivity index (χ1n) is 3.54. The molecule has 2 heterocycles. The SMILES string of the molecule is Cl.c1nnc2n1CCNCC2. The average molecular weight is 175 g/mol. The molecule has 5 heteroatoms. The van der Waals surface area contributed by atoms with E-state index in [0.717, 1.165) is 31.9 Å². The van der Waals surface area contributed by atoms with E-state index < -0.39 is 0 Å². The van der Waals surface area contributed by atoms with Gasteiger partial charge >= 0.3 is 0 Å². The van der Waals surface area contributed by atoms with Crippen molar-refractivity contribution in [1.82, 2.24) is 20.1 Å². The topological polar surface area (TPSA) is 42.7 Å². The van der Waals surface area contributed by atoms with Gasteiger partial charge in [-0.2, -0.15) is 0 Å². The number of fused-ring (bicyclic) bond motifs is 1. The molecule has 1 aromatic rings. The molecule has 4 nitrogen and oxygen atoms in total. The summed E-state index contributed by atoms with van der Waals surface area (Å²) in [6.07, 6.45) is 2.79. The fourth-order valence-corrected chi connectivity index (χ4v) is 1.18. The van der Waals surface area contributed by atoms with E-state index in [1.54, 1.807) is 6.33 Å². The normalized spacial score (nSPS) is 16.4. The van der Waals surface area contributed by atoms with E-state index in [1.807, 2.05) is 0 Å². The fraction of sp³-hybridized carbons (Fsp3) is 0.667. The molecule has 1 N–H and O–H groups in total. The Bertz CT molecular complexity index is 202. The molecule has 1 aliphatic heterocycles. The Morgan fingerprint density at radius 3 is 3.27 bits per heavy atom. The van der Waals surface area contributed by atoms with Crippen LogP contribution in [0.25, 0.3) is 0 Å². The van der Waals surface area contributed by atoms with Gasteiger partial charge in [0.05, 0.1) is 0 Å². The third-order valence-corrected chi connectivity index (χ3v) is 1.75. The van der Waals surface area contributed by atoms with Gasteiger partial charge in [-0.3, -0.25) is 0 Å². The molecular formula is C6H11ClN4.